The van der Waals surface area contributed by atoms with Gasteiger partial charge in [0, 0.05) is 0 Å². The monoisotopic (exact) mass is 126 g/mol. The van der Waals surface area contributed by atoms with Gasteiger partial charge in [-0.05, 0) is 32.6 Å². The first kappa shape index (κ1) is 5.72. The van der Waals surface area contributed by atoms with Crippen LogP contribution in [0.4, 0.5) is 0 Å². The highest BCUT2D eigenvalue weighted by Gasteiger charge is 2.69. The molecule has 3 unspecified atom stereocenters. The highest BCUT2D eigenvalue weighted by Crippen LogP contribution is 2.61. The zero-order chi connectivity index (χ0) is 6.70. The van der Waals surface area contributed by atoms with Crippen LogP contribution in [0, 0.1) is 5.92 Å². The summed E-state index contributed by atoms with van der Waals surface area (Å²) in [4.78, 5) is 0. The summed E-state index contributed by atoms with van der Waals surface area (Å²) in [5.74, 6) is 0.780. The van der Waals surface area contributed by atoms with Crippen molar-refractivity contribution in [1.29, 1.82) is 0 Å². The van der Waals surface area contributed by atoms with Crippen LogP contribution in [0.15, 0.2) is 0 Å². The molecule has 2 rings (SSSR count). The summed E-state index contributed by atoms with van der Waals surface area (Å²) < 4.78 is 5.64. The highest BCUT2D eigenvalue weighted by atomic mass is 16.6. The Kier molecular flexibility index (Phi) is 0.760. The molecule has 1 saturated heterocycles. The summed E-state index contributed by atoms with van der Waals surface area (Å²) in [7, 11) is 0. The summed E-state index contributed by atoms with van der Waals surface area (Å²) in [5, 5.41) is 0. The van der Waals surface area contributed by atoms with E-state index in [1.54, 1.807) is 0 Å². The minimum absolute atomic E-state index is 0.257. The van der Waals surface area contributed by atoms with Gasteiger partial charge in [0.15, 0.2) is 0 Å². The lowest BCUT2D eigenvalue weighted by atomic mass is 9.94. The second kappa shape index (κ2) is 1.20. The number of rotatable bonds is 0. The van der Waals surface area contributed by atoms with E-state index in [2.05, 4.69) is 20.8 Å². The zero-order valence-electron chi connectivity index (χ0n) is 6.40. The van der Waals surface area contributed by atoms with Crippen molar-refractivity contribution >= 4 is 0 Å². The minimum atomic E-state index is 0.257. The Morgan fingerprint density at radius 3 is 2.22 bits per heavy atom. The molecule has 0 aromatic heterocycles. The van der Waals surface area contributed by atoms with Crippen LogP contribution >= 0.6 is 0 Å². The largest absolute Gasteiger partial charge is 0.363 e. The van der Waals surface area contributed by atoms with Crippen LogP contribution in [0.1, 0.15) is 33.6 Å². The zero-order valence-corrected chi connectivity index (χ0v) is 6.40. The number of hydrogen-bond acceptors (Lipinski definition) is 1. The van der Waals surface area contributed by atoms with E-state index in [-0.39, 0.29) is 11.2 Å². The first-order chi connectivity index (χ1) is 4.08. The molecule has 9 heavy (non-hydrogen) atoms. The molecule has 1 aliphatic carbocycles. The number of hydrogen-bond donors (Lipinski definition) is 0. The minimum Gasteiger partial charge on any atom is -0.363 e. The molecule has 0 N–H and O–H groups in total. The lowest BCUT2D eigenvalue weighted by Crippen LogP contribution is -2.17. The van der Waals surface area contributed by atoms with E-state index < -0.39 is 0 Å². The first-order valence-electron chi connectivity index (χ1n) is 3.79. The molecular weight excluding hydrogens is 112 g/mol. The van der Waals surface area contributed by atoms with Crippen LogP contribution in [0.3, 0.4) is 0 Å². The van der Waals surface area contributed by atoms with Crippen molar-refractivity contribution < 1.29 is 4.74 Å². The third kappa shape index (κ3) is 0.454. The molecule has 0 amide bonds. The molecule has 1 aliphatic heterocycles. The van der Waals surface area contributed by atoms with Gasteiger partial charge in [-0.1, -0.05) is 6.92 Å². The first-order valence-corrected chi connectivity index (χ1v) is 3.79. The highest BCUT2D eigenvalue weighted by molar-refractivity contribution is 5.17. The van der Waals surface area contributed by atoms with E-state index in [1.165, 1.54) is 12.8 Å². The average Bonchev–Trinajstić information content (AvgIpc) is 2.26. The number of epoxide rings is 1. The fraction of sp³-hybridized carbons (Fsp3) is 1.00. The SMILES string of the molecule is CC1CCC2(C)OC12C. The van der Waals surface area contributed by atoms with Crippen LogP contribution < -0.4 is 0 Å². The van der Waals surface area contributed by atoms with Crippen molar-refractivity contribution in [2.45, 2.75) is 44.8 Å². The molecule has 0 bridgehead atoms. The van der Waals surface area contributed by atoms with Crippen LogP contribution in [0.5, 0.6) is 0 Å². The molecule has 2 aliphatic rings. The van der Waals surface area contributed by atoms with E-state index in [1.807, 2.05) is 0 Å². The number of ether oxygens (including phenoxy) is 1. The van der Waals surface area contributed by atoms with Gasteiger partial charge in [-0.15, -0.1) is 0 Å². The van der Waals surface area contributed by atoms with Crippen molar-refractivity contribution in [2.75, 3.05) is 0 Å². The van der Waals surface area contributed by atoms with Gasteiger partial charge in [-0.2, -0.15) is 0 Å². The Hall–Kier alpha value is -0.0400. The van der Waals surface area contributed by atoms with Gasteiger partial charge in [-0.25, -0.2) is 0 Å². The molecule has 52 valence electrons. The van der Waals surface area contributed by atoms with Crippen LogP contribution in [-0.2, 0) is 4.74 Å². The van der Waals surface area contributed by atoms with Crippen LogP contribution in [0.25, 0.3) is 0 Å². The summed E-state index contributed by atoms with van der Waals surface area (Å²) in [6.07, 6.45) is 2.62. The predicted molar refractivity (Wildman–Crippen MR) is 36.3 cm³/mol. The maximum absolute atomic E-state index is 5.64. The molecule has 0 aromatic rings. The van der Waals surface area contributed by atoms with Gasteiger partial charge < -0.3 is 4.74 Å². The third-order valence-corrected chi connectivity index (χ3v) is 3.44. The van der Waals surface area contributed by atoms with Gasteiger partial charge in [0.05, 0.1) is 11.2 Å². The summed E-state index contributed by atoms with van der Waals surface area (Å²) in [6, 6.07) is 0. The second-order valence-corrected chi connectivity index (χ2v) is 3.88. The Morgan fingerprint density at radius 1 is 1.44 bits per heavy atom. The molecule has 2 fully saturated rings. The number of fused-ring (bicyclic) bond motifs is 1. The maximum Gasteiger partial charge on any atom is 0.0974 e. The Morgan fingerprint density at radius 2 is 2.11 bits per heavy atom. The lowest BCUT2D eigenvalue weighted by molar-refractivity contribution is 0.191. The molecule has 1 nitrogen and oxygen atoms in total. The quantitative estimate of drug-likeness (QED) is 0.452. The van der Waals surface area contributed by atoms with Crippen LogP contribution in [0.2, 0.25) is 0 Å². The van der Waals surface area contributed by atoms with E-state index in [0.717, 1.165) is 5.92 Å². The van der Waals surface area contributed by atoms with Crippen molar-refractivity contribution in [2.24, 2.45) is 5.92 Å². The van der Waals surface area contributed by atoms with Crippen molar-refractivity contribution in [3.8, 4) is 0 Å². The van der Waals surface area contributed by atoms with Gasteiger partial charge >= 0.3 is 0 Å². The van der Waals surface area contributed by atoms with E-state index >= 15 is 0 Å². The molecule has 1 heteroatoms. The van der Waals surface area contributed by atoms with Crippen molar-refractivity contribution in [3.05, 3.63) is 0 Å². The molecular formula is C8H14O. The predicted octanol–water partition coefficient (Wildman–Crippen LogP) is 1.96. The van der Waals surface area contributed by atoms with E-state index in [9.17, 15) is 0 Å². The average molecular weight is 126 g/mol. The Balaban J connectivity index is 2.27. The Labute approximate surface area is 56.4 Å². The summed E-state index contributed by atoms with van der Waals surface area (Å²) in [5.41, 5.74) is 0.527. The van der Waals surface area contributed by atoms with Crippen LogP contribution in [-0.4, -0.2) is 11.2 Å². The molecule has 1 saturated carbocycles. The fourth-order valence-electron chi connectivity index (χ4n) is 2.13. The third-order valence-electron chi connectivity index (χ3n) is 3.44. The normalized spacial score (nSPS) is 63.7. The molecule has 0 aromatic carbocycles. The lowest BCUT2D eigenvalue weighted by Gasteiger charge is -2.08. The second-order valence-electron chi connectivity index (χ2n) is 3.88. The topological polar surface area (TPSA) is 12.5 Å². The van der Waals surface area contributed by atoms with Crippen molar-refractivity contribution in [3.63, 3.8) is 0 Å². The molecule has 1 heterocycles. The van der Waals surface area contributed by atoms with Gasteiger partial charge in [0.1, 0.15) is 0 Å². The Bertz CT molecular complexity index is 151. The van der Waals surface area contributed by atoms with Gasteiger partial charge in [0.25, 0.3) is 0 Å². The van der Waals surface area contributed by atoms with Crippen molar-refractivity contribution in [1.82, 2.24) is 0 Å². The smallest absolute Gasteiger partial charge is 0.0974 e. The molecule has 0 spiro atoms. The fourth-order valence-corrected chi connectivity index (χ4v) is 2.13. The van der Waals surface area contributed by atoms with E-state index in [4.69, 9.17) is 4.74 Å². The standard InChI is InChI=1S/C8H14O/c1-6-4-5-7(2)8(6,3)9-7/h6H,4-5H2,1-3H3. The van der Waals surface area contributed by atoms with Gasteiger partial charge in [0.2, 0.25) is 0 Å². The van der Waals surface area contributed by atoms with E-state index in [0.29, 0.717) is 0 Å². The van der Waals surface area contributed by atoms with Gasteiger partial charge in [-0.3, -0.25) is 0 Å². The molecule has 3 atom stereocenters. The maximum atomic E-state index is 5.64. The summed E-state index contributed by atoms with van der Waals surface area (Å²) in [6.45, 7) is 6.76. The molecule has 0 radical (unpaired) electrons. The summed E-state index contributed by atoms with van der Waals surface area (Å²) >= 11 is 0.